The van der Waals surface area contributed by atoms with Crippen molar-refractivity contribution in [2.45, 2.75) is 6.18 Å². The maximum atomic E-state index is 12.8. The molecule has 3 aromatic rings. The van der Waals surface area contributed by atoms with Crippen LogP contribution in [0.2, 0.25) is 0 Å². The quantitative estimate of drug-likeness (QED) is 0.513. The molecule has 0 aliphatic rings. The van der Waals surface area contributed by atoms with Crippen molar-refractivity contribution in [3.63, 3.8) is 0 Å². The van der Waals surface area contributed by atoms with Gasteiger partial charge in [-0.15, -0.1) is 0 Å². The van der Waals surface area contributed by atoms with Gasteiger partial charge in [-0.2, -0.15) is 18.2 Å². The van der Waals surface area contributed by atoms with Gasteiger partial charge in [-0.1, -0.05) is 12.1 Å². The molecule has 0 saturated heterocycles. The molecule has 0 aliphatic carbocycles. The van der Waals surface area contributed by atoms with Crippen LogP contribution in [0.5, 0.6) is 5.88 Å². The molecular formula is C17H10F3N3O5. The monoisotopic (exact) mass is 393 g/mol. The van der Waals surface area contributed by atoms with Gasteiger partial charge in [0.2, 0.25) is 0 Å². The number of nitrogens with one attached hydrogen (secondary N) is 1. The van der Waals surface area contributed by atoms with Crippen molar-refractivity contribution < 1.29 is 27.6 Å². The summed E-state index contributed by atoms with van der Waals surface area (Å²) in [6.07, 6.45) is -1.96. The topological polar surface area (TPSA) is 122 Å². The van der Waals surface area contributed by atoms with Crippen LogP contribution in [-0.4, -0.2) is 20.0 Å². The van der Waals surface area contributed by atoms with Crippen LogP contribution in [0.15, 0.2) is 45.6 Å². The van der Waals surface area contributed by atoms with Crippen LogP contribution in [0.4, 0.5) is 18.9 Å². The van der Waals surface area contributed by atoms with E-state index in [-0.39, 0.29) is 22.9 Å². The van der Waals surface area contributed by atoms with Crippen molar-refractivity contribution in [1.82, 2.24) is 9.97 Å². The summed E-state index contributed by atoms with van der Waals surface area (Å²) in [5.74, 6) is -0.825. The lowest BCUT2D eigenvalue weighted by Crippen LogP contribution is -2.14. The number of nitrogens with zero attached hydrogens (tertiary/aromatic N) is 2. The van der Waals surface area contributed by atoms with Crippen molar-refractivity contribution in [2.24, 2.45) is 0 Å². The molecule has 0 aliphatic heterocycles. The van der Waals surface area contributed by atoms with Crippen LogP contribution in [0, 0.1) is 10.1 Å². The van der Waals surface area contributed by atoms with Crippen molar-refractivity contribution in [3.8, 4) is 17.2 Å². The van der Waals surface area contributed by atoms with E-state index in [0.29, 0.717) is 0 Å². The zero-order valence-corrected chi connectivity index (χ0v) is 13.7. The minimum absolute atomic E-state index is 0.176. The van der Waals surface area contributed by atoms with Gasteiger partial charge in [0, 0.05) is 5.56 Å². The first-order valence-electron chi connectivity index (χ1n) is 7.58. The van der Waals surface area contributed by atoms with Gasteiger partial charge in [-0.25, -0.2) is 0 Å². The first-order chi connectivity index (χ1) is 13.1. The molecule has 0 bridgehead atoms. The average molecular weight is 393 g/mol. The van der Waals surface area contributed by atoms with Gasteiger partial charge in [0.1, 0.15) is 17.3 Å². The van der Waals surface area contributed by atoms with Gasteiger partial charge >= 0.3 is 17.4 Å². The lowest BCUT2D eigenvalue weighted by molar-refractivity contribution is -0.387. The number of furan rings is 1. The summed E-state index contributed by atoms with van der Waals surface area (Å²) in [7, 11) is 0. The Hall–Kier alpha value is -3.89. The van der Waals surface area contributed by atoms with E-state index in [0.717, 1.165) is 12.1 Å². The number of hydrogen-bond acceptors (Lipinski definition) is 6. The highest BCUT2D eigenvalue weighted by Gasteiger charge is 2.30. The Labute approximate surface area is 153 Å². The molecule has 144 valence electrons. The number of H-pyrrole nitrogens is 1. The minimum atomic E-state index is -4.49. The maximum Gasteiger partial charge on any atom is 0.416 e. The van der Waals surface area contributed by atoms with Gasteiger partial charge in [0.15, 0.2) is 0 Å². The summed E-state index contributed by atoms with van der Waals surface area (Å²) in [5, 5.41) is 20.1. The zero-order valence-electron chi connectivity index (χ0n) is 13.7. The van der Waals surface area contributed by atoms with Crippen LogP contribution in [-0.2, 0) is 6.18 Å². The molecule has 28 heavy (non-hydrogen) atoms. The number of aromatic nitrogens is 2. The Balaban J connectivity index is 1.86. The van der Waals surface area contributed by atoms with E-state index in [2.05, 4.69) is 9.97 Å². The second-order valence-corrected chi connectivity index (χ2v) is 5.49. The van der Waals surface area contributed by atoms with Crippen LogP contribution >= 0.6 is 0 Å². The molecule has 0 spiro atoms. The SMILES string of the molecule is O=c1[nH]c(/C=C/c2ccc(-c3cccc(C(F)(F)F)c3)o2)nc(O)c1[N+](=O)[O-]. The zero-order chi connectivity index (χ0) is 20.5. The van der Waals surface area contributed by atoms with E-state index in [1.165, 1.54) is 36.4 Å². The second kappa shape index (κ2) is 7.02. The Kier molecular flexibility index (Phi) is 4.74. The molecule has 8 nitrogen and oxygen atoms in total. The van der Waals surface area contributed by atoms with E-state index >= 15 is 0 Å². The molecule has 2 aromatic heterocycles. The first kappa shape index (κ1) is 18.9. The third-order valence-electron chi connectivity index (χ3n) is 3.58. The normalized spacial score (nSPS) is 11.8. The number of rotatable bonds is 4. The highest BCUT2D eigenvalue weighted by Crippen LogP contribution is 2.32. The van der Waals surface area contributed by atoms with Crippen molar-refractivity contribution in [3.05, 3.63) is 74.0 Å². The Morgan fingerprint density at radius 2 is 1.96 bits per heavy atom. The lowest BCUT2D eigenvalue weighted by atomic mass is 10.1. The lowest BCUT2D eigenvalue weighted by Gasteiger charge is -2.07. The van der Waals surface area contributed by atoms with Crippen LogP contribution in [0.1, 0.15) is 17.1 Å². The van der Waals surface area contributed by atoms with E-state index in [1.54, 1.807) is 0 Å². The third-order valence-corrected chi connectivity index (χ3v) is 3.58. The number of aromatic hydroxyl groups is 1. The van der Waals surface area contributed by atoms with E-state index < -0.39 is 33.8 Å². The molecule has 0 unspecified atom stereocenters. The summed E-state index contributed by atoms with van der Waals surface area (Å²) < 4.78 is 43.8. The molecular weight excluding hydrogens is 383 g/mol. The Morgan fingerprint density at radius 3 is 2.61 bits per heavy atom. The average Bonchev–Trinajstić information content (AvgIpc) is 3.07. The molecule has 0 saturated carbocycles. The molecule has 3 rings (SSSR count). The largest absolute Gasteiger partial charge is 0.488 e. The predicted octanol–water partition coefficient (Wildman–Crippen LogP) is 3.83. The van der Waals surface area contributed by atoms with Crippen LogP contribution in [0.25, 0.3) is 23.5 Å². The molecule has 0 amide bonds. The third kappa shape index (κ3) is 3.92. The number of halogens is 3. The van der Waals surface area contributed by atoms with E-state index in [4.69, 9.17) is 4.42 Å². The fraction of sp³-hybridized carbons (Fsp3) is 0.0588. The Bertz CT molecular complexity index is 1130. The summed E-state index contributed by atoms with van der Waals surface area (Å²) >= 11 is 0. The smallest absolute Gasteiger partial charge is 0.416 e. The highest BCUT2D eigenvalue weighted by atomic mass is 19.4. The van der Waals surface area contributed by atoms with Crippen molar-refractivity contribution >= 4 is 17.8 Å². The predicted molar refractivity (Wildman–Crippen MR) is 91.3 cm³/mol. The fourth-order valence-electron chi connectivity index (χ4n) is 2.32. The maximum absolute atomic E-state index is 12.8. The molecule has 11 heteroatoms. The van der Waals surface area contributed by atoms with Gasteiger partial charge in [-0.3, -0.25) is 14.9 Å². The van der Waals surface area contributed by atoms with Gasteiger partial charge in [0.05, 0.1) is 10.5 Å². The number of hydrogen-bond donors (Lipinski definition) is 2. The molecule has 0 atom stereocenters. The highest BCUT2D eigenvalue weighted by molar-refractivity contribution is 5.67. The van der Waals surface area contributed by atoms with Crippen LogP contribution in [0.3, 0.4) is 0 Å². The van der Waals surface area contributed by atoms with E-state index in [9.17, 15) is 33.2 Å². The van der Waals surface area contributed by atoms with Gasteiger partial charge in [0.25, 0.3) is 5.88 Å². The standard InChI is InChI=1S/C17H10F3N3O5/c18-17(19,20)10-3-1-2-9(8-10)12-6-4-11(28-12)5-7-13-21-15(24)14(23(26)27)16(25)22-13/h1-8H,(H2,21,22,24,25)/b7-5+. The number of benzene rings is 1. The van der Waals surface area contributed by atoms with Gasteiger partial charge < -0.3 is 14.5 Å². The minimum Gasteiger partial charge on any atom is -0.488 e. The summed E-state index contributed by atoms with van der Waals surface area (Å²) in [6.45, 7) is 0. The molecule has 2 N–H and O–H groups in total. The van der Waals surface area contributed by atoms with E-state index in [1.807, 2.05) is 0 Å². The number of nitro groups is 1. The first-order valence-corrected chi connectivity index (χ1v) is 7.58. The van der Waals surface area contributed by atoms with Crippen molar-refractivity contribution in [2.75, 3.05) is 0 Å². The summed E-state index contributed by atoms with van der Waals surface area (Å²) in [5.41, 5.74) is -2.82. The fourth-order valence-corrected chi connectivity index (χ4v) is 2.32. The molecule has 1 aromatic carbocycles. The molecule has 0 radical (unpaired) electrons. The number of aromatic amines is 1. The Morgan fingerprint density at radius 1 is 1.21 bits per heavy atom. The second-order valence-electron chi connectivity index (χ2n) is 5.49. The molecule has 2 heterocycles. The van der Waals surface area contributed by atoms with Crippen LogP contribution < -0.4 is 5.56 Å². The summed E-state index contributed by atoms with van der Waals surface area (Å²) in [6, 6.07) is 7.52. The molecule has 0 fully saturated rings. The number of alkyl halides is 3. The summed E-state index contributed by atoms with van der Waals surface area (Å²) in [4.78, 5) is 26.7. The van der Waals surface area contributed by atoms with Crippen molar-refractivity contribution in [1.29, 1.82) is 0 Å². The van der Waals surface area contributed by atoms with Gasteiger partial charge in [-0.05, 0) is 36.4 Å².